The van der Waals surface area contributed by atoms with Gasteiger partial charge in [-0.1, -0.05) is 340 Å². The highest BCUT2D eigenvalue weighted by Crippen LogP contribution is 2.59. The summed E-state index contributed by atoms with van der Waals surface area (Å²) in [5, 5.41) is 0. The fraction of sp³-hybridized carbons (Fsp3) is 0.362. The molecule has 0 heterocycles. The molecule has 0 aromatic heterocycles. The van der Waals surface area contributed by atoms with Crippen molar-refractivity contribution in [3.05, 3.63) is 251 Å². The molecular weight excluding hydrogens is 1130 g/mol. The minimum atomic E-state index is -0.0926. The van der Waals surface area contributed by atoms with E-state index in [0.717, 1.165) is 25.7 Å². The lowest BCUT2D eigenvalue weighted by molar-refractivity contribution is 0.401. The molecular formula is C94H106. The molecule has 10 aromatic rings. The van der Waals surface area contributed by atoms with Crippen LogP contribution >= 0.6 is 0 Å². The van der Waals surface area contributed by atoms with Gasteiger partial charge in [0.15, 0.2) is 0 Å². The second-order valence-electron chi connectivity index (χ2n) is 28.0. The highest BCUT2D eigenvalue weighted by Gasteiger charge is 2.45. The molecule has 94 heavy (non-hydrogen) atoms. The molecule has 10 aromatic carbocycles. The van der Waals surface area contributed by atoms with Gasteiger partial charge in [0, 0.05) is 10.8 Å². The predicted octanol–water partition coefficient (Wildman–Crippen LogP) is 28.0. The fourth-order valence-electron chi connectivity index (χ4n) is 17.5. The molecule has 0 saturated carbocycles. The van der Waals surface area contributed by atoms with E-state index in [2.05, 4.69) is 262 Å². The Hall–Kier alpha value is -7.80. The Kier molecular flexibility index (Phi) is 21.7. The molecule has 0 spiro atoms. The predicted molar refractivity (Wildman–Crippen MR) is 409 cm³/mol. The highest BCUT2D eigenvalue weighted by atomic mass is 14.5. The van der Waals surface area contributed by atoms with Gasteiger partial charge in [0.1, 0.15) is 0 Å². The summed E-state index contributed by atoms with van der Waals surface area (Å²) in [7, 11) is 0. The van der Waals surface area contributed by atoms with Crippen molar-refractivity contribution in [2.45, 2.75) is 220 Å². The average molecular weight is 1240 g/mol. The summed E-state index contributed by atoms with van der Waals surface area (Å²) in [6.45, 7) is 19.0. The van der Waals surface area contributed by atoms with E-state index in [9.17, 15) is 0 Å². The maximum absolute atomic E-state index is 2.73. The van der Waals surface area contributed by atoms with Crippen LogP contribution in [0.25, 0.3) is 100 Å². The molecule has 0 radical (unpaired) electrons. The Morgan fingerprint density at radius 3 is 0.745 bits per heavy atom. The molecule has 2 aliphatic carbocycles. The van der Waals surface area contributed by atoms with Gasteiger partial charge >= 0.3 is 0 Å². The molecule has 0 atom stereocenters. The topological polar surface area (TPSA) is 0 Å². The van der Waals surface area contributed by atoms with Crippen molar-refractivity contribution in [3.63, 3.8) is 0 Å². The highest BCUT2D eigenvalue weighted by molar-refractivity contribution is 5.97. The van der Waals surface area contributed by atoms with E-state index in [1.165, 1.54) is 251 Å². The van der Waals surface area contributed by atoms with Crippen LogP contribution in [0.15, 0.2) is 206 Å². The van der Waals surface area contributed by atoms with E-state index in [4.69, 9.17) is 0 Å². The average Bonchev–Trinajstić information content (AvgIpc) is 1.53. The normalized spacial score (nSPS) is 13.2. The molecule has 2 aliphatic rings. The summed E-state index contributed by atoms with van der Waals surface area (Å²) in [5.74, 6) is 0. The van der Waals surface area contributed by atoms with E-state index in [1.54, 1.807) is 22.3 Å². The molecule has 0 bridgehead atoms. The van der Waals surface area contributed by atoms with Gasteiger partial charge in [0.25, 0.3) is 0 Å². The van der Waals surface area contributed by atoms with Gasteiger partial charge in [-0.05, 0) is 220 Å². The Morgan fingerprint density at radius 2 is 0.479 bits per heavy atom. The number of hydrogen-bond donors (Lipinski definition) is 0. The Balaban J connectivity index is 1.02. The SMILES string of the molecule is CCCCCCC1(CCCCCC)c2cc(-c3ccc4c(c3)C(CCCCCC)(CCCCCC)c3cc(-c5cc(CC)c(-c6ccccc6)c(-c6ccccc6)c5CC)ccc3-4)ccc2-c2ccc(-c3cc(CC)c(-c4ccccc4)c(-c4ccccc4)c3CC)cc21. The van der Waals surface area contributed by atoms with Crippen LogP contribution in [0, 0.1) is 0 Å². The maximum atomic E-state index is 2.73. The van der Waals surface area contributed by atoms with Crippen molar-refractivity contribution >= 4 is 0 Å². The van der Waals surface area contributed by atoms with Gasteiger partial charge in [-0.3, -0.25) is 0 Å². The zero-order valence-corrected chi connectivity index (χ0v) is 58.6. The largest absolute Gasteiger partial charge is 0.0654 e. The summed E-state index contributed by atoms with van der Waals surface area (Å²) in [6, 6.07) is 81.4. The smallest absolute Gasteiger partial charge is 0.0215 e. The van der Waals surface area contributed by atoms with E-state index in [0.29, 0.717) is 0 Å². The van der Waals surface area contributed by atoms with Gasteiger partial charge in [-0.25, -0.2) is 0 Å². The minimum Gasteiger partial charge on any atom is -0.0654 e. The van der Waals surface area contributed by atoms with Crippen LogP contribution in [-0.2, 0) is 36.5 Å². The number of aryl methyl sites for hydroxylation is 2. The van der Waals surface area contributed by atoms with Crippen LogP contribution in [-0.4, -0.2) is 0 Å². The lowest BCUT2D eigenvalue weighted by Crippen LogP contribution is -2.26. The monoisotopic (exact) mass is 1230 g/mol. The van der Waals surface area contributed by atoms with Gasteiger partial charge in [0.2, 0.25) is 0 Å². The van der Waals surface area contributed by atoms with E-state index in [-0.39, 0.29) is 10.8 Å². The summed E-state index contributed by atoms with van der Waals surface area (Å²) in [5.41, 5.74) is 36.7. The molecule has 0 saturated heterocycles. The molecule has 0 heteroatoms. The maximum Gasteiger partial charge on any atom is 0.0215 e. The summed E-state index contributed by atoms with van der Waals surface area (Å²) < 4.78 is 0. The van der Waals surface area contributed by atoms with Crippen molar-refractivity contribution in [2.75, 3.05) is 0 Å². The van der Waals surface area contributed by atoms with Gasteiger partial charge in [0.05, 0.1) is 0 Å². The summed E-state index contributed by atoms with van der Waals surface area (Å²) in [6.07, 6.45) is 28.7. The Bertz CT molecular complexity index is 3860. The van der Waals surface area contributed by atoms with E-state index in [1.807, 2.05) is 0 Å². The molecule has 0 unspecified atom stereocenters. The third-order valence-electron chi connectivity index (χ3n) is 22.3. The van der Waals surface area contributed by atoms with Gasteiger partial charge in [-0.2, -0.15) is 0 Å². The molecule has 0 N–H and O–H groups in total. The van der Waals surface area contributed by atoms with Crippen LogP contribution < -0.4 is 0 Å². The van der Waals surface area contributed by atoms with Crippen LogP contribution in [0.5, 0.6) is 0 Å². The van der Waals surface area contributed by atoms with Crippen molar-refractivity contribution < 1.29 is 0 Å². The number of rotatable bonds is 31. The second-order valence-corrected chi connectivity index (χ2v) is 28.0. The van der Waals surface area contributed by atoms with Crippen molar-refractivity contribution in [1.82, 2.24) is 0 Å². The van der Waals surface area contributed by atoms with Crippen molar-refractivity contribution in [1.29, 1.82) is 0 Å². The number of fused-ring (bicyclic) bond motifs is 6. The van der Waals surface area contributed by atoms with E-state index >= 15 is 0 Å². The summed E-state index contributed by atoms with van der Waals surface area (Å²) >= 11 is 0. The third-order valence-corrected chi connectivity index (χ3v) is 22.3. The number of unbranched alkanes of at least 4 members (excludes halogenated alkanes) is 12. The van der Waals surface area contributed by atoms with Gasteiger partial charge < -0.3 is 0 Å². The van der Waals surface area contributed by atoms with Gasteiger partial charge in [-0.15, -0.1) is 0 Å². The van der Waals surface area contributed by atoms with Crippen molar-refractivity contribution in [2.24, 2.45) is 0 Å². The third kappa shape index (κ3) is 12.9. The number of hydrogen-bond acceptors (Lipinski definition) is 0. The quantitative estimate of drug-likeness (QED) is 0.0380. The van der Waals surface area contributed by atoms with Crippen molar-refractivity contribution in [3.8, 4) is 100 Å². The van der Waals surface area contributed by atoms with E-state index < -0.39 is 0 Å². The molecule has 0 amide bonds. The first-order valence-electron chi connectivity index (χ1n) is 37.5. The lowest BCUT2D eigenvalue weighted by atomic mass is 9.69. The fourth-order valence-corrected chi connectivity index (χ4v) is 17.5. The molecule has 0 fully saturated rings. The molecule has 482 valence electrons. The first-order chi connectivity index (χ1) is 46.3. The van der Waals surface area contributed by atoms with Crippen LogP contribution in [0.1, 0.15) is 228 Å². The molecule has 0 nitrogen and oxygen atoms in total. The van der Waals surface area contributed by atoms with Crippen LogP contribution in [0.2, 0.25) is 0 Å². The Labute approximate surface area is 567 Å². The minimum absolute atomic E-state index is 0.0926. The molecule has 0 aliphatic heterocycles. The first kappa shape index (κ1) is 66.2. The first-order valence-corrected chi connectivity index (χ1v) is 37.5. The number of benzene rings is 10. The second kappa shape index (κ2) is 30.7. The zero-order valence-electron chi connectivity index (χ0n) is 58.6. The standard InChI is InChI=1S/C94H106/c1-9-17-21-37-57-93(58-38-22-18-10-2)85-63-73(49-53-79(85)81-55-51-75(65-87(81)93)83-61-67(13-5)89(69-41-29-25-30-42-69)91(77(83)15-7)71-45-33-27-34-46-71)74-50-54-80-82-56-52-76(66-88(82)94(86(80)64-74,59-39-23-19-11-3)60-40-24-20-12-4)84-62-68(14-6)90(70-43-31-26-32-44-70)92(78(84)16-8)72-47-35-28-36-48-72/h25-36,41-56,61-66H,9-24,37-40,57-60H2,1-8H3. The zero-order chi connectivity index (χ0) is 65.0. The van der Waals surface area contributed by atoms with Crippen LogP contribution in [0.3, 0.4) is 0 Å². The van der Waals surface area contributed by atoms with Crippen LogP contribution in [0.4, 0.5) is 0 Å². The molecule has 12 rings (SSSR count). The Morgan fingerprint density at radius 1 is 0.213 bits per heavy atom. The lowest BCUT2D eigenvalue weighted by Gasteiger charge is -2.34. The summed E-state index contributed by atoms with van der Waals surface area (Å²) in [4.78, 5) is 0.